The van der Waals surface area contributed by atoms with Gasteiger partial charge in [-0.3, -0.25) is 4.79 Å². The van der Waals surface area contributed by atoms with Crippen molar-refractivity contribution in [2.45, 2.75) is 25.4 Å². The van der Waals surface area contributed by atoms with E-state index in [1.54, 1.807) is 11.9 Å². The molecule has 19 heavy (non-hydrogen) atoms. The van der Waals surface area contributed by atoms with Crippen LogP contribution >= 0.6 is 0 Å². The quantitative estimate of drug-likeness (QED) is 0.852. The average molecular weight is 262 g/mol. The fourth-order valence-corrected chi connectivity index (χ4v) is 2.62. The summed E-state index contributed by atoms with van der Waals surface area (Å²) in [6, 6.07) is 7.66. The fraction of sp³-hybridized carbons (Fsp3) is 0.533. The Morgan fingerprint density at radius 3 is 2.84 bits per heavy atom. The number of carbonyl (C=O) groups excluding carboxylic acids is 1. The van der Waals surface area contributed by atoms with E-state index in [1.165, 1.54) is 0 Å². The molecular weight excluding hydrogens is 240 g/mol. The molecule has 1 heterocycles. The molecule has 4 heteroatoms. The predicted octanol–water partition coefficient (Wildman–Crippen LogP) is 1.05. The van der Waals surface area contributed by atoms with E-state index in [0.29, 0.717) is 19.5 Å². The van der Waals surface area contributed by atoms with Crippen LogP contribution in [0.2, 0.25) is 0 Å². The minimum absolute atomic E-state index is 0.0159. The molecular formula is C15H22N2O2. The van der Waals surface area contributed by atoms with Gasteiger partial charge in [0, 0.05) is 19.2 Å². The van der Waals surface area contributed by atoms with E-state index in [0.717, 1.165) is 24.1 Å². The van der Waals surface area contributed by atoms with Gasteiger partial charge in [0.15, 0.2) is 0 Å². The molecule has 1 atom stereocenters. The number of aliphatic hydroxyl groups is 1. The van der Waals surface area contributed by atoms with Crippen molar-refractivity contribution >= 4 is 5.91 Å². The third kappa shape index (κ3) is 3.14. The molecule has 0 saturated carbocycles. The van der Waals surface area contributed by atoms with Gasteiger partial charge < -0.3 is 15.3 Å². The summed E-state index contributed by atoms with van der Waals surface area (Å²) in [4.78, 5) is 14.1. The lowest BCUT2D eigenvalue weighted by Gasteiger charge is -2.28. The SMILES string of the molecule is CCc1ccccc1C(=O)N(C)CC1(O)CCNC1. The first kappa shape index (κ1) is 14.0. The second-order valence-corrected chi connectivity index (χ2v) is 5.32. The molecule has 1 aliphatic heterocycles. The zero-order valence-electron chi connectivity index (χ0n) is 11.6. The Hall–Kier alpha value is -1.39. The molecule has 0 radical (unpaired) electrons. The van der Waals surface area contributed by atoms with Gasteiger partial charge >= 0.3 is 0 Å². The van der Waals surface area contributed by atoms with E-state index >= 15 is 0 Å². The summed E-state index contributed by atoms with van der Waals surface area (Å²) in [5, 5.41) is 13.5. The number of hydrogen-bond donors (Lipinski definition) is 2. The Bertz CT molecular complexity index is 453. The van der Waals surface area contributed by atoms with E-state index in [1.807, 2.05) is 31.2 Å². The first-order chi connectivity index (χ1) is 9.06. The molecule has 4 nitrogen and oxygen atoms in total. The van der Waals surface area contributed by atoms with Gasteiger partial charge in [0.2, 0.25) is 0 Å². The van der Waals surface area contributed by atoms with Crippen LogP contribution in [0.4, 0.5) is 0 Å². The van der Waals surface area contributed by atoms with Crippen molar-refractivity contribution in [2.24, 2.45) is 0 Å². The number of likely N-dealkylation sites (N-methyl/N-ethyl adjacent to an activating group) is 1. The highest BCUT2D eigenvalue weighted by molar-refractivity contribution is 5.95. The van der Waals surface area contributed by atoms with Gasteiger partial charge in [-0.2, -0.15) is 0 Å². The largest absolute Gasteiger partial charge is 0.387 e. The minimum Gasteiger partial charge on any atom is -0.387 e. The number of nitrogens with one attached hydrogen (secondary N) is 1. The van der Waals surface area contributed by atoms with Crippen LogP contribution < -0.4 is 5.32 Å². The molecule has 1 aliphatic rings. The van der Waals surface area contributed by atoms with Crippen LogP contribution in [-0.2, 0) is 6.42 Å². The normalized spacial score (nSPS) is 22.5. The Kier molecular flexibility index (Phi) is 4.22. The topological polar surface area (TPSA) is 52.6 Å². The van der Waals surface area contributed by atoms with Crippen molar-refractivity contribution in [1.82, 2.24) is 10.2 Å². The van der Waals surface area contributed by atoms with E-state index < -0.39 is 5.60 Å². The first-order valence-corrected chi connectivity index (χ1v) is 6.82. The highest BCUT2D eigenvalue weighted by Crippen LogP contribution is 2.18. The number of benzene rings is 1. The lowest BCUT2D eigenvalue weighted by molar-refractivity contribution is 0.0252. The fourth-order valence-electron chi connectivity index (χ4n) is 2.62. The Balaban J connectivity index is 2.10. The summed E-state index contributed by atoms with van der Waals surface area (Å²) in [7, 11) is 1.76. The molecule has 1 saturated heterocycles. The maximum atomic E-state index is 12.4. The molecule has 0 spiro atoms. The zero-order valence-corrected chi connectivity index (χ0v) is 11.6. The summed E-state index contributed by atoms with van der Waals surface area (Å²) in [5.74, 6) is -0.0159. The molecule has 1 unspecified atom stereocenters. The number of aryl methyl sites for hydroxylation is 1. The van der Waals surface area contributed by atoms with Gasteiger partial charge in [0.1, 0.15) is 0 Å². The van der Waals surface area contributed by atoms with Gasteiger partial charge in [0.05, 0.1) is 12.1 Å². The third-order valence-corrected chi connectivity index (χ3v) is 3.73. The number of amides is 1. The maximum absolute atomic E-state index is 12.4. The Labute approximate surface area is 114 Å². The smallest absolute Gasteiger partial charge is 0.253 e. The number of rotatable bonds is 4. The van der Waals surface area contributed by atoms with E-state index in [4.69, 9.17) is 0 Å². The van der Waals surface area contributed by atoms with Crippen molar-refractivity contribution in [3.8, 4) is 0 Å². The number of nitrogens with zero attached hydrogens (tertiary/aromatic N) is 1. The van der Waals surface area contributed by atoms with Crippen LogP contribution in [0.1, 0.15) is 29.3 Å². The number of β-amino-alcohol motifs (C(OH)–C–C–N with tert-alkyl or cyclic N) is 1. The van der Waals surface area contributed by atoms with Crippen LogP contribution in [0.25, 0.3) is 0 Å². The third-order valence-electron chi connectivity index (χ3n) is 3.73. The van der Waals surface area contributed by atoms with Crippen LogP contribution in [0, 0.1) is 0 Å². The van der Waals surface area contributed by atoms with E-state index in [9.17, 15) is 9.90 Å². The van der Waals surface area contributed by atoms with E-state index in [-0.39, 0.29) is 5.91 Å². The summed E-state index contributed by atoms with van der Waals surface area (Å²) in [5.41, 5.74) is 1.00. The van der Waals surface area contributed by atoms with Gasteiger partial charge in [-0.05, 0) is 31.0 Å². The summed E-state index contributed by atoms with van der Waals surface area (Å²) < 4.78 is 0. The summed E-state index contributed by atoms with van der Waals surface area (Å²) in [6.45, 7) is 3.78. The second kappa shape index (κ2) is 5.72. The first-order valence-electron chi connectivity index (χ1n) is 6.82. The second-order valence-electron chi connectivity index (χ2n) is 5.32. The standard InChI is InChI=1S/C15H22N2O2/c1-3-12-6-4-5-7-13(12)14(18)17(2)11-15(19)8-9-16-10-15/h4-7,16,19H,3,8-11H2,1-2H3. The summed E-state index contributed by atoms with van der Waals surface area (Å²) in [6.07, 6.45) is 1.53. The zero-order chi connectivity index (χ0) is 13.9. The van der Waals surface area contributed by atoms with Crippen molar-refractivity contribution in [2.75, 3.05) is 26.7 Å². The predicted molar refractivity (Wildman–Crippen MR) is 75.2 cm³/mol. The van der Waals surface area contributed by atoms with Crippen LogP contribution in [-0.4, -0.2) is 48.2 Å². The molecule has 1 amide bonds. The molecule has 1 aromatic carbocycles. The van der Waals surface area contributed by atoms with Gasteiger partial charge in [-0.15, -0.1) is 0 Å². The Morgan fingerprint density at radius 1 is 1.47 bits per heavy atom. The number of hydrogen-bond acceptors (Lipinski definition) is 3. The highest BCUT2D eigenvalue weighted by atomic mass is 16.3. The molecule has 1 aromatic rings. The average Bonchev–Trinajstić information content (AvgIpc) is 2.84. The number of carbonyl (C=O) groups is 1. The Morgan fingerprint density at radius 2 is 2.21 bits per heavy atom. The molecule has 104 valence electrons. The summed E-state index contributed by atoms with van der Waals surface area (Å²) >= 11 is 0. The van der Waals surface area contributed by atoms with Crippen molar-refractivity contribution in [3.63, 3.8) is 0 Å². The monoisotopic (exact) mass is 262 g/mol. The van der Waals surface area contributed by atoms with Crippen LogP contribution in [0.3, 0.4) is 0 Å². The molecule has 2 N–H and O–H groups in total. The molecule has 0 aromatic heterocycles. The van der Waals surface area contributed by atoms with Gasteiger partial charge in [-0.25, -0.2) is 0 Å². The van der Waals surface area contributed by atoms with Crippen molar-refractivity contribution in [1.29, 1.82) is 0 Å². The van der Waals surface area contributed by atoms with Crippen molar-refractivity contribution < 1.29 is 9.90 Å². The van der Waals surface area contributed by atoms with Crippen molar-refractivity contribution in [3.05, 3.63) is 35.4 Å². The molecule has 1 fully saturated rings. The van der Waals surface area contributed by atoms with Gasteiger partial charge in [0.25, 0.3) is 5.91 Å². The van der Waals surface area contributed by atoms with Gasteiger partial charge in [-0.1, -0.05) is 25.1 Å². The van der Waals surface area contributed by atoms with Crippen LogP contribution in [0.5, 0.6) is 0 Å². The minimum atomic E-state index is -0.786. The molecule has 0 aliphatic carbocycles. The molecule has 2 rings (SSSR count). The highest BCUT2D eigenvalue weighted by Gasteiger charge is 2.33. The maximum Gasteiger partial charge on any atom is 0.253 e. The lowest BCUT2D eigenvalue weighted by atomic mass is 10.0. The van der Waals surface area contributed by atoms with E-state index in [2.05, 4.69) is 5.32 Å². The molecule has 0 bridgehead atoms. The van der Waals surface area contributed by atoms with Crippen LogP contribution in [0.15, 0.2) is 24.3 Å². The lowest BCUT2D eigenvalue weighted by Crippen LogP contribution is -2.45.